The Morgan fingerprint density at radius 3 is 2.61 bits per heavy atom. The summed E-state index contributed by atoms with van der Waals surface area (Å²) in [6.45, 7) is 1.44. The lowest BCUT2D eigenvalue weighted by Crippen LogP contribution is -2.44. The summed E-state index contributed by atoms with van der Waals surface area (Å²) >= 11 is 5.73. The number of piperidine rings is 1. The molecule has 1 aromatic carbocycles. The molecule has 0 bridgehead atoms. The molecule has 3 rings (SSSR count). The molecule has 4 nitrogen and oxygen atoms in total. The number of alkyl halides is 1. The van der Waals surface area contributed by atoms with E-state index in [-0.39, 0.29) is 49.4 Å². The lowest BCUT2D eigenvalue weighted by Gasteiger charge is -2.36. The maximum Gasteiger partial charge on any atom is 0.253 e. The first-order valence-corrected chi connectivity index (χ1v) is 9.45. The number of benzene rings is 1. The summed E-state index contributed by atoms with van der Waals surface area (Å²) in [7, 11) is 0. The number of hydrogen-bond acceptors (Lipinski definition) is 3. The fourth-order valence-electron chi connectivity index (χ4n) is 3.06. The molecule has 2 aromatic rings. The molecule has 150 valence electrons. The highest BCUT2D eigenvalue weighted by Gasteiger charge is 2.35. The van der Waals surface area contributed by atoms with Crippen molar-refractivity contribution in [3.8, 4) is 0 Å². The van der Waals surface area contributed by atoms with Crippen LogP contribution in [-0.2, 0) is 12.8 Å². The molecule has 7 heteroatoms. The van der Waals surface area contributed by atoms with E-state index in [0.717, 1.165) is 6.07 Å². The van der Waals surface area contributed by atoms with Crippen LogP contribution < -0.4 is 0 Å². The van der Waals surface area contributed by atoms with E-state index in [2.05, 4.69) is 9.97 Å². The molecule has 0 radical (unpaired) electrons. The van der Waals surface area contributed by atoms with Crippen molar-refractivity contribution in [2.75, 3.05) is 13.1 Å². The molecule has 1 amide bonds. The van der Waals surface area contributed by atoms with Crippen LogP contribution in [0, 0.1) is 5.82 Å². The zero-order valence-corrected chi connectivity index (χ0v) is 16.3. The number of carbonyl (C=O) groups is 1. The van der Waals surface area contributed by atoms with Crippen molar-refractivity contribution in [2.45, 2.75) is 51.0 Å². The number of aromatic nitrogens is 2. The third kappa shape index (κ3) is 5.04. The van der Waals surface area contributed by atoms with Crippen LogP contribution in [0.4, 0.5) is 8.78 Å². The molecule has 0 unspecified atom stereocenters. The first-order chi connectivity index (χ1) is 14.8. The molecule has 0 saturated carbocycles. The Morgan fingerprint density at radius 2 is 2.00 bits per heavy atom. The minimum Gasteiger partial charge on any atom is -0.338 e. The van der Waals surface area contributed by atoms with Gasteiger partial charge in [0.25, 0.3) is 5.91 Å². The van der Waals surface area contributed by atoms with Gasteiger partial charge < -0.3 is 4.90 Å². The van der Waals surface area contributed by atoms with Crippen LogP contribution in [0.5, 0.6) is 0 Å². The molecule has 0 N–H and O–H groups in total. The molecule has 2 heterocycles. The van der Waals surface area contributed by atoms with Gasteiger partial charge in [-0.25, -0.2) is 18.7 Å². The van der Waals surface area contributed by atoms with Crippen LogP contribution in [0.15, 0.2) is 30.6 Å². The Labute approximate surface area is 174 Å². The molecule has 1 aliphatic heterocycles. The van der Waals surface area contributed by atoms with Gasteiger partial charge in [-0.05, 0) is 55.8 Å². The molecular weight excluding hydrogens is 384 g/mol. The third-order valence-electron chi connectivity index (χ3n) is 4.79. The van der Waals surface area contributed by atoms with Crippen LogP contribution in [0.1, 0.15) is 59.8 Å². The van der Waals surface area contributed by atoms with E-state index in [1.807, 2.05) is 0 Å². The fraction of sp³-hybridized carbons (Fsp3) is 0.476. The molecule has 0 atom stereocenters. The highest BCUT2D eigenvalue weighted by atomic mass is 35.5. The minimum absolute atomic E-state index is 0.0284. The van der Waals surface area contributed by atoms with E-state index in [1.165, 1.54) is 36.4 Å². The van der Waals surface area contributed by atoms with Gasteiger partial charge in [0.1, 0.15) is 17.3 Å². The van der Waals surface area contributed by atoms with Crippen molar-refractivity contribution in [1.82, 2.24) is 14.9 Å². The zero-order chi connectivity index (χ0) is 23.7. The van der Waals surface area contributed by atoms with Crippen molar-refractivity contribution in [2.24, 2.45) is 0 Å². The molecule has 0 aliphatic carbocycles. The van der Waals surface area contributed by atoms with Gasteiger partial charge in [0.15, 0.2) is 0 Å². The third-order valence-corrected chi connectivity index (χ3v) is 5.08. The van der Waals surface area contributed by atoms with E-state index < -0.39 is 30.1 Å². The Morgan fingerprint density at radius 1 is 1.32 bits per heavy atom. The minimum atomic E-state index is -2.16. The molecule has 1 saturated heterocycles. The standard InChI is InChI=1S/C21H24ClF2N3O/c1-2-15-13-25-19(26-14-15)4-3-7-21(24)8-10-27(11-9-21)20(28)16-5-6-18(23)17(22)12-16/h5-6,12-14H,2-4,7-11H2,1H3/i2D2,7D2. The number of aryl methyl sites for hydroxylation is 2. The van der Waals surface area contributed by atoms with Crippen LogP contribution in [0.3, 0.4) is 0 Å². The first kappa shape index (κ1) is 15.8. The maximum atomic E-state index is 15.6. The number of rotatable bonds is 6. The van der Waals surface area contributed by atoms with Crippen molar-refractivity contribution in [3.63, 3.8) is 0 Å². The zero-order valence-electron chi connectivity index (χ0n) is 19.5. The number of carbonyl (C=O) groups excluding carboxylic acids is 1. The van der Waals surface area contributed by atoms with Crippen molar-refractivity contribution in [1.29, 1.82) is 0 Å². The van der Waals surface area contributed by atoms with Gasteiger partial charge >= 0.3 is 0 Å². The predicted molar refractivity (Wildman–Crippen MR) is 105 cm³/mol. The second-order valence-electron chi connectivity index (χ2n) is 6.70. The van der Waals surface area contributed by atoms with Gasteiger partial charge in [-0.1, -0.05) is 18.5 Å². The SMILES string of the molecule is [2H]C([2H])(C)c1cnc(CCC([2H])([2H])C2(F)CCN(C(=O)c3ccc(F)c(Cl)c3)CC2)nc1. The molecule has 28 heavy (non-hydrogen) atoms. The lowest BCUT2D eigenvalue weighted by molar-refractivity contribution is 0.0389. The predicted octanol–water partition coefficient (Wildman–Crippen LogP) is 4.80. The van der Waals surface area contributed by atoms with E-state index in [9.17, 15) is 9.18 Å². The quantitative estimate of drug-likeness (QED) is 0.686. The van der Waals surface area contributed by atoms with Crippen LogP contribution in [0.2, 0.25) is 5.02 Å². The Kier molecular flexibility index (Phi) is 5.05. The first-order valence-electron chi connectivity index (χ1n) is 11.1. The fourth-order valence-corrected chi connectivity index (χ4v) is 3.24. The summed E-state index contributed by atoms with van der Waals surface area (Å²) in [5.74, 6) is -0.727. The Balaban J connectivity index is 1.60. The second-order valence-corrected chi connectivity index (χ2v) is 7.11. The van der Waals surface area contributed by atoms with Gasteiger partial charge in [0, 0.05) is 43.0 Å². The van der Waals surface area contributed by atoms with E-state index in [4.69, 9.17) is 17.1 Å². The summed E-state index contributed by atoms with van der Waals surface area (Å²) in [4.78, 5) is 22.2. The molecule has 1 aromatic heterocycles. The van der Waals surface area contributed by atoms with Crippen LogP contribution >= 0.6 is 11.6 Å². The number of hydrogen-bond donors (Lipinski definition) is 0. The number of nitrogens with zero attached hydrogens (tertiary/aromatic N) is 3. The van der Waals surface area contributed by atoms with Crippen LogP contribution in [0.25, 0.3) is 0 Å². The largest absolute Gasteiger partial charge is 0.338 e. The maximum absolute atomic E-state index is 15.6. The summed E-state index contributed by atoms with van der Waals surface area (Å²) in [5, 5.41) is -0.172. The van der Waals surface area contributed by atoms with Gasteiger partial charge in [0.2, 0.25) is 0 Å². The Bertz CT molecular complexity index is 978. The summed E-state index contributed by atoms with van der Waals surface area (Å²) in [6, 6.07) is 3.64. The molecule has 1 aliphatic rings. The highest BCUT2D eigenvalue weighted by molar-refractivity contribution is 6.31. The van der Waals surface area contributed by atoms with E-state index in [1.54, 1.807) is 0 Å². The normalized spacial score (nSPS) is 19.4. The van der Waals surface area contributed by atoms with Gasteiger partial charge in [0.05, 0.1) is 5.02 Å². The Hall–Kier alpha value is -2.08. The average Bonchev–Trinajstić information content (AvgIpc) is 2.74. The number of amides is 1. The smallest absolute Gasteiger partial charge is 0.253 e. The molecule has 1 fully saturated rings. The second kappa shape index (κ2) is 8.95. The molecular formula is C21H24ClF2N3O. The van der Waals surface area contributed by atoms with Crippen molar-refractivity contribution in [3.05, 3.63) is 58.4 Å². The van der Waals surface area contributed by atoms with Crippen molar-refractivity contribution >= 4 is 17.5 Å². The molecule has 0 spiro atoms. The average molecular weight is 412 g/mol. The van der Waals surface area contributed by atoms with Crippen molar-refractivity contribution < 1.29 is 19.1 Å². The topological polar surface area (TPSA) is 46.1 Å². The highest BCUT2D eigenvalue weighted by Crippen LogP contribution is 2.32. The van der Waals surface area contributed by atoms with E-state index in [0.29, 0.717) is 11.4 Å². The summed E-state index contributed by atoms with van der Waals surface area (Å²) in [6.07, 6.45) is -1.42. The monoisotopic (exact) mass is 411 g/mol. The van der Waals surface area contributed by atoms with Gasteiger partial charge in [-0.15, -0.1) is 0 Å². The van der Waals surface area contributed by atoms with Gasteiger partial charge in [-0.2, -0.15) is 0 Å². The lowest BCUT2D eigenvalue weighted by atomic mass is 9.88. The summed E-state index contributed by atoms with van der Waals surface area (Å²) in [5.41, 5.74) is -1.61. The van der Waals surface area contributed by atoms with E-state index >= 15 is 4.39 Å². The van der Waals surface area contributed by atoms with Gasteiger partial charge in [-0.3, -0.25) is 4.79 Å². The summed E-state index contributed by atoms with van der Waals surface area (Å²) < 4.78 is 60.8. The number of halogens is 3. The number of likely N-dealkylation sites (tertiary alicyclic amines) is 1. The van der Waals surface area contributed by atoms with Crippen LogP contribution in [-0.4, -0.2) is 39.5 Å².